The van der Waals surface area contributed by atoms with Crippen LogP contribution in [-0.2, 0) is 26.1 Å². The Labute approximate surface area is 200 Å². The zero-order chi connectivity index (χ0) is 23.3. The molecule has 0 radical (unpaired) electrons. The molecule has 0 saturated carbocycles. The predicted molar refractivity (Wildman–Crippen MR) is 120 cm³/mol. The van der Waals surface area contributed by atoms with Crippen molar-refractivity contribution < 1.29 is 50.6 Å². The van der Waals surface area contributed by atoms with E-state index < -0.39 is 40.0 Å². The molecule has 1 aromatic heterocycles. The van der Waals surface area contributed by atoms with Crippen molar-refractivity contribution in [3.8, 4) is 0 Å². The van der Waals surface area contributed by atoms with Gasteiger partial charge in [-0.05, 0) is 32.0 Å². The number of halogens is 2. The second-order valence-electron chi connectivity index (χ2n) is 5.48. The molecule has 0 amide bonds. The Morgan fingerprint density at radius 3 is 1.81 bits per heavy atom. The molecule has 0 spiro atoms. The standard InChI is InChI=1S/C14H15NO4.C4H6O4.2ClH.2H2N.Pt/c1-3-15(4-2)10-6-5-9-7-11(13(16)17)14(18)19-12(9)8-10;5-3(6)1-2-4(7)8;;;;;/h5-8H,3-4H2,1-2H3,(H,16,17);1-2H2,(H,5,6)(H,7,8);2*1H;2*1H2;/q;;;;2*-1;+4/p-2. The second-order valence-corrected chi connectivity index (χ2v) is 8.76. The summed E-state index contributed by atoms with van der Waals surface area (Å²) in [5.74, 6) is -3.43. The van der Waals surface area contributed by atoms with E-state index in [1.165, 1.54) is 6.07 Å². The second kappa shape index (κ2) is 18.4. The summed E-state index contributed by atoms with van der Waals surface area (Å²) in [6.07, 6.45) is -0.593. The maximum absolute atomic E-state index is 11.5. The molecule has 0 aliphatic rings. The van der Waals surface area contributed by atoms with Gasteiger partial charge in [-0.1, -0.05) is 0 Å². The van der Waals surface area contributed by atoms with Gasteiger partial charge in [0.1, 0.15) is 11.1 Å². The van der Waals surface area contributed by atoms with Crippen LogP contribution in [0.2, 0.25) is 0 Å². The fourth-order valence-corrected chi connectivity index (χ4v) is 2.25. The van der Waals surface area contributed by atoms with Gasteiger partial charge >= 0.3 is 58.9 Å². The monoisotopic (exact) mass is 676 g/mol. The van der Waals surface area contributed by atoms with Gasteiger partial charge in [0, 0.05) is 30.2 Å². The molecule has 0 atom stereocenters. The molecule has 0 bridgehead atoms. The maximum Gasteiger partial charge on any atom is -0.693 e. The van der Waals surface area contributed by atoms with Crippen molar-refractivity contribution in [2.45, 2.75) is 26.7 Å². The van der Waals surface area contributed by atoms with Crippen LogP contribution in [0.15, 0.2) is 33.5 Å². The van der Waals surface area contributed by atoms with E-state index in [9.17, 15) is 19.2 Å². The van der Waals surface area contributed by atoms with Crippen LogP contribution < -0.4 is 10.5 Å². The van der Waals surface area contributed by atoms with E-state index in [2.05, 4.69) is 4.90 Å². The van der Waals surface area contributed by atoms with Gasteiger partial charge in [-0.2, -0.15) is 0 Å². The van der Waals surface area contributed by atoms with E-state index in [1.807, 2.05) is 19.9 Å². The summed E-state index contributed by atoms with van der Waals surface area (Å²) in [6.45, 7) is 5.77. The SMILES string of the molecule is CCN(CC)c1ccc2cc(C(=O)O)c(=O)oc2c1.O=C(O)CCC(=O)O.[Cl][Pt+2][Cl].[NH2-].[NH2-]. The average Bonchev–Trinajstić information content (AvgIpc) is 2.67. The number of rotatable bonds is 7. The van der Waals surface area contributed by atoms with E-state index in [-0.39, 0.29) is 30.7 Å². The Hall–Kier alpha value is -2.17. The van der Waals surface area contributed by atoms with Crippen molar-refractivity contribution in [1.29, 1.82) is 0 Å². The van der Waals surface area contributed by atoms with Crippen molar-refractivity contribution in [2.75, 3.05) is 18.0 Å². The van der Waals surface area contributed by atoms with Crippen molar-refractivity contribution >= 4 is 53.4 Å². The molecule has 7 N–H and O–H groups in total. The summed E-state index contributed by atoms with van der Waals surface area (Å²) in [4.78, 5) is 43.8. The zero-order valence-electron chi connectivity index (χ0n) is 17.2. The molecule has 11 nitrogen and oxygen atoms in total. The molecule has 184 valence electrons. The van der Waals surface area contributed by atoms with E-state index in [0.717, 1.165) is 18.8 Å². The van der Waals surface area contributed by atoms with Crippen molar-refractivity contribution in [2.24, 2.45) is 0 Å². The van der Waals surface area contributed by atoms with Crippen LogP contribution in [0.3, 0.4) is 0 Å². The summed E-state index contributed by atoms with van der Waals surface area (Å²) in [5, 5.41) is 25.3. The van der Waals surface area contributed by atoms with Crippen LogP contribution >= 0.6 is 18.8 Å². The van der Waals surface area contributed by atoms with Gasteiger partial charge in [0.15, 0.2) is 0 Å². The summed E-state index contributed by atoms with van der Waals surface area (Å²) >= 11 is -0.472. The number of carboxylic acid groups (broad SMARTS) is 3. The number of aromatic carboxylic acids is 1. The third-order valence-corrected chi connectivity index (χ3v) is 3.63. The van der Waals surface area contributed by atoms with Crippen LogP contribution in [0, 0.1) is 0 Å². The third-order valence-electron chi connectivity index (χ3n) is 3.63. The number of nitrogens with zero attached hydrogens (tertiary/aromatic N) is 1. The fraction of sp³-hybridized carbons (Fsp3) is 0.333. The number of fused-ring (bicyclic) bond motifs is 1. The first-order chi connectivity index (χ1) is 14.1. The van der Waals surface area contributed by atoms with Crippen LogP contribution in [-0.4, -0.2) is 46.3 Å². The molecule has 0 saturated heterocycles. The molecule has 2 rings (SSSR count). The first-order valence-electron chi connectivity index (χ1n) is 8.43. The summed E-state index contributed by atoms with van der Waals surface area (Å²) in [7, 11) is 9.75. The van der Waals surface area contributed by atoms with Gasteiger partial charge in [-0.3, -0.25) is 9.59 Å². The van der Waals surface area contributed by atoms with Crippen molar-refractivity contribution in [1.82, 2.24) is 0 Å². The number of carboxylic acids is 3. The van der Waals surface area contributed by atoms with Gasteiger partial charge in [0.2, 0.25) is 0 Å². The van der Waals surface area contributed by atoms with Gasteiger partial charge in [0.25, 0.3) is 0 Å². The number of anilines is 1. The molecular formula is C18H25Cl2N3O8Pt. The molecule has 32 heavy (non-hydrogen) atoms. The molecule has 0 aliphatic heterocycles. The fourth-order valence-electron chi connectivity index (χ4n) is 2.25. The van der Waals surface area contributed by atoms with Crippen LogP contribution in [0.25, 0.3) is 23.3 Å². The summed E-state index contributed by atoms with van der Waals surface area (Å²) in [6, 6.07) is 6.75. The van der Waals surface area contributed by atoms with Gasteiger partial charge in [-0.15, -0.1) is 0 Å². The largest absolute Gasteiger partial charge is 0.693 e. The normalized spacial score (nSPS) is 9.12. The minimum absolute atomic E-state index is 0. The first-order valence-corrected chi connectivity index (χ1v) is 14.1. The molecule has 1 aromatic carbocycles. The predicted octanol–water partition coefficient (Wildman–Crippen LogP) is 5.08. The Bertz CT molecular complexity index is 909. The van der Waals surface area contributed by atoms with Crippen LogP contribution in [0.4, 0.5) is 5.69 Å². The average molecular weight is 677 g/mol. The van der Waals surface area contributed by atoms with E-state index >= 15 is 0 Å². The zero-order valence-corrected chi connectivity index (χ0v) is 21.0. The molecular weight excluding hydrogens is 652 g/mol. The van der Waals surface area contributed by atoms with Gasteiger partial charge in [0.05, 0.1) is 12.8 Å². The maximum atomic E-state index is 11.5. The number of nitrogens with two attached hydrogens (primary N) is 2. The Morgan fingerprint density at radius 2 is 1.44 bits per heavy atom. The summed E-state index contributed by atoms with van der Waals surface area (Å²) < 4.78 is 5.07. The van der Waals surface area contributed by atoms with E-state index in [1.54, 1.807) is 12.1 Å². The van der Waals surface area contributed by atoms with Crippen molar-refractivity contribution in [3.05, 3.63) is 52.6 Å². The number of aliphatic carboxylic acids is 2. The number of hydrogen-bond acceptors (Lipinski definition) is 6. The Morgan fingerprint density at radius 1 is 0.969 bits per heavy atom. The minimum Gasteiger partial charge on any atom is -0.693 e. The quantitative estimate of drug-likeness (QED) is 0.333. The van der Waals surface area contributed by atoms with E-state index in [4.69, 9.17) is 38.6 Å². The molecule has 0 aliphatic carbocycles. The van der Waals surface area contributed by atoms with Gasteiger partial charge < -0.3 is 36.9 Å². The van der Waals surface area contributed by atoms with Crippen LogP contribution in [0.1, 0.15) is 37.0 Å². The minimum atomic E-state index is -1.27. The third kappa shape index (κ3) is 12.6. The first kappa shape index (κ1) is 34.4. The molecule has 0 unspecified atom stereocenters. The Kier molecular flexibility index (Phi) is 19.8. The Balaban J connectivity index is -0.000000551. The van der Waals surface area contributed by atoms with Gasteiger partial charge in [-0.25, -0.2) is 9.59 Å². The molecule has 1 heterocycles. The van der Waals surface area contributed by atoms with Crippen molar-refractivity contribution in [3.63, 3.8) is 0 Å². The molecule has 2 aromatic rings. The van der Waals surface area contributed by atoms with E-state index in [0.29, 0.717) is 11.0 Å². The topological polar surface area (TPSA) is 212 Å². The number of hydrogen-bond donors (Lipinski definition) is 3. The number of benzene rings is 1. The molecule has 14 heteroatoms. The molecule has 0 fully saturated rings. The summed E-state index contributed by atoms with van der Waals surface area (Å²) in [5.41, 5.74) is 0.183. The number of carbonyl (C=O) groups is 3. The van der Waals surface area contributed by atoms with Crippen LogP contribution in [0.5, 0.6) is 0 Å². The smallest absolute Gasteiger partial charge is 0.693 e.